The van der Waals surface area contributed by atoms with Gasteiger partial charge in [0.15, 0.2) is 17.6 Å². The number of anilines is 1. The van der Waals surface area contributed by atoms with E-state index < -0.39 is 6.10 Å². The molecule has 23 heavy (non-hydrogen) atoms. The summed E-state index contributed by atoms with van der Waals surface area (Å²) < 4.78 is 28.6. The maximum Gasteiger partial charge on any atom is 0.265 e. The Balaban J connectivity index is 2.01. The maximum absolute atomic E-state index is 12.8. The van der Waals surface area contributed by atoms with E-state index in [1.165, 1.54) is 38.5 Å². The molecule has 1 atom stereocenters. The smallest absolute Gasteiger partial charge is 0.265 e. The summed E-state index contributed by atoms with van der Waals surface area (Å²) in [5, 5.41) is 2.73. The number of nitrogens with one attached hydrogen (secondary N) is 1. The van der Waals surface area contributed by atoms with Crippen molar-refractivity contribution in [3.63, 3.8) is 0 Å². The van der Waals surface area contributed by atoms with Gasteiger partial charge in [-0.05, 0) is 43.3 Å². The second kappa shape index (κ2) is 7.49. The average Bonchev–Trinajstić information content (AvgIpc) is 2.56. The number of hydrogen-bond acceptors (Lipinski definition) is 4. The van der Waals surface area contributed by atoms with Crippen molar-refractivity contribution in [3.05, 3.63) is 48.3 Å². The van der Waals surface area contributed by atoms with Crippen LogP contribution in [-0.4, -0.2) is 26.2 Å². The normalized spacial score (nSPS) is 11.5. The van der Waals surface area contributed by atoms with Gasteiger partial charge in [-0.2, -0.15) is 0 Å². The molecule has 0 aliphatic carbocycles. The molecule has 0 aliphatic rings. The van der Waals surface area contributed by atoms with Gasteiger partial charge < -0.3 is 19.5 Å². The van der Waals surface area contributed by atoms with Crippen LogP contribution in [0.2, 0.25) is 0 Å². The van der Waals surface area contributed by atoms with Crippen LogP contribution in [0.4, 0.5) is 10.1 Å². The van der Waals surface area contributed by atoms with E-state index in [0.29, 0.717) is 22.9 Å². The first-order chi connectivity index (χ1) is 11.0. The molecule has 0 spiro atoms. The summed E-state index contributed by atoms with van der Waals surface area (Å²) in [6, 6.07) is 10.5. The number of rotatable bonds is 6. The second-order valence-electron chi connectivity index (χ2n) is 4.77. The fourth-order valence-corrected chi connectivity index (χ4v) is 1.93. The molecule has 6 heteroatoms. The summed E-state index contributed by atoms with van der Waals surface area (Å²) >= 11 is 0. The Kier molecular flexibility index (Phi) is 5.41. The molecular formula is C17H18FNO4. The minimum atomic E-state index is -0.742. The molecule has 0 aromatic heterocycles. The third-order valence-corrected chi connectivity index (χ3v) is 3.15. The molecule has 2 rings (SSSR count). The van der Waals surface area contributed by atoms with Crippen molar-refractivity contribution in [2.45, 2.75) is 13.0 Å². The number of benzene rings is 2. The van der Waals surface area contributed by atoms with Gasteiger partial charge in [-0.1, -0.05) is 0 Å². The van der Waals surface area contributed by atoms with Gasteiger partial charge in [-0.15, -0.1) is 0 Å². The summed E-state index contributed by atoms with van der Waals surface area (Å²) in [6.07, 6.45) is -0.742. The number of methoxy groups -OCH3 is 2. The van der Waals surface area contributed by atoms with Crippen molar-refractivity contribution in [2.24, 2.45) is 0 Å². The van der Waals surface area contributed by atoms with Crippen molar-refractivity contribution < 1.29 is 23.4 Å². The minimum Gasteiger partial charge on any atom is -0.493 e. The molecule has 1 amide bonds. The number of carbonyl (C=O) groups excluding carboxylic acids is 1. The first-order valence-electron chi connectivity index (χ1n) is 6.98. The molecule has 2 aromatic rings. The second-order valence-corrected chi connectivity index (χ2v) is 4.77. The summed E-state index contributed by atoms with van der Waals surface area (Å²) in [5.41, 5.74) is 0.558. The number of amides is 1. The van der Waals surface area contributed by atoms with E-state index in [1.54, 1.807) is 25.1 Å². The topological polar surface area (TPSA) is 56.8 Å². The van der Waals surface area contributed by atoms with E-state index >= 15 is 0 Å². The Morgan fingerprint density at radius 3 is 2.30 bits per heavy atom. The molecule has 2 aromatic carbocycles. The average molecular weight is 319 g/mol. The van der Waals surface area contributed by atoms with Crippen LogP contribution in [0.25, 0.3) is 0 Å². The highest BCUT2D eigenvalue weighted by molar-refractivity contribution is 5.94. The molecule has 0 aliphatic heterocycles. The number of carbonyl (C=O) groups is 1. The predicted molar refractivity (Wildman–Crippen MR) is 84.7 cm³/mol. The first-order valence-corrected chi connectivity index (χ1v) is 6.98. The highest BCUT2D eigenvalue weighted by Crippen LogP contribution is 2.29. The quantitative estimate of drug-likeness (QED) is 0.888. The molecule has 5 nitrogen and oxygen atoms in total. The number of halogens is 1. The standard InChI is InChI=1S/C17H18FNO4/c1-11(23-14-7-4-12(18)5-8-14)17(20)19-13-6-9-15(21-2)16(10-13)22-3/h4-11H,1-3H3,(H,19,20). The molecule has 122 valence electrons. The Morgan fingerprint density at radius 1 is 1.04 bits per heavy atom. The molecule has 0 saturated carbocycles. The summed E-state index contributed by atoms with van der Waals surface area (Å²) in [4.78, 5) is 12.2. The van der Waals surface area contributed by atoms with Gasteiger partial charge in [0.2, 0.25) is 0 Å². The lowest BCUT2D eigenvalue weighted by molar-refractivity contribution is -0.122. The Morgan fingerprint density at radius 2 is 1.70 bits per heavy atom. The maximum atomic E-state index is 12.8. The van der Waals surface area contributed by atoms with Crippen LogP contribution in [0.5, 0.6) is 17.2 Å². The van der Waals surface area contributed by atoms with Gasteiger partial charge in [0.05, 0.1) is 14.2 Å². The minimum absolute atomic E-state index is 0.332. The zero-order valence-corrected chi connectivity index (χ0v) is 13.1. The molecule has 0 saturated heterocycles. The van der Waals surface area contributed by atoms with E-state index in [-0.39, 0.29) is 11.7 Å². The van der Waals surface area contributed by atoms with Crippen LogP contribution in [0.3, 0.4) is 0 Å². The monoisotopic (exact) mass is 319 g/mol. The molecule has 1 N–H and O–H groups in total. The molecule has 0 fully saturated rings. The van der Waals surface area contributed by atoms with Gasteiger partial charge in [-0.25, -0.2) is 4.39 Å². The Bertz CT molecular complexity index is 673. The Labute approximate surface area is 134 Å². The van der Waals surface area contributed by atoms with Crippen LogP contribution in [0, 0.1) is 5.82 Å². The largest absolute Gasteiger partial charge is 0.493 e. The van der Waals surface area contributed by atoms with E-state index in [0.717, 1.165) is 0 Å². The highest BCUT2D eigenvalue weighted by Gasteiger charge is 2.16. The van der Waals surface area contributed by atoms with Crippen LogP contribution in [0.15, 0.2) is 42.5 Å². The Hall–Kier alpha value is -2.76. The summed E-state index contributed by atoms with van der Waals surface area (Å²) in [5.74, 6) is 0.807. The third-order valence-electron chi connectivity index (χ3n) is 3.15. The summed E-state index contributed by atoms with van der Waals surface area (Å²) in [7, 11) is 3.05. The van der Waals surface area contributed by atoms with Crippen LogP contribution < -0.4 is 19.5 Å². The van der Waals surface area contributed by atoms with Crippen LogP contribution in [0.1, 0.15) is 6.92 Å². The number of ether oxygens (including phenoxy) is 3. The van der Waals surface area contributed by atoms with Crippen molar-refractivity contribution >= 4 is 11.6 Å². The van der Waals surface area contributed by atoms with Crippen LogP contribution >= 0.6 is 0 Å². The van der Waals surface area contributed by atoms with Crippen molar-refractivity contribution in [3.8, 4) is 17.2 Å². The van der Waals surface area contributed by atoms with Crippen molar-refractivity contribution in [1.82, 2.24) is 0 Å². The van der Waals surface area contributed by atoms with Crippen molar-refractivity contribution in [1.29, 1.82) is 0 Å². The lowest BCUT2D eigenvalue weighted by Gasteiger charge is -2.15. The van der Waals surface area contributed by atoms with Crippen molar-refractivity contribution in [2.75, 3.05) is 19.5 Å². The number of hydrogen-bond donors (Lipinski definition) is 1. The lowest BCUT2D eigenvalue weighted by Crippen LogP contribution is -2.30. The van der Waals surface area contributed by atoms with Gasteiger partial charge >= 0.3 is 0 Å². The van der Waals surface area contributed by atoms with Crippen LogP contribution in [-0.2, 0) is 4.79 Å². The SMILES string of the molecule is COc1ccc(NC(=O)C(C)Oc2ccc(F)cc2)cc1OC. The summed E-state index contributed by atoms with van der Waals surface area (Å²) in [6.45, 7) is 1.61. The van der Waals surface area contributed by atoms with Gasteiger partial charge in [0, 0.05) is 11.8 Å². The molecule has 1 unspecified atom stereocenters. The molecular weight excluding hydrogens is 301 g/mol. The molecule has 0 radical (unpaired) electrons. The van der Waals surface area contributed by atoms with E-state index in [4.69, 9.17) is 14.2 Å². The first kappa shape index (κ1) is 16.6. The fourth-order valence-electron chi connectivity index (χ4n) is 1.93. The van der Waals surface area contributed by atoms with Gasteiger partial charge in [0.25, 0.3) is 5.91 Å². The molecule has 0 heterocycles. The lowest BCUT2D eigenvalue weighted by atomic mass is 10.2. The van der Waals surface area contributed by atoms with E-state index in [1.807, 2.05) is 0 Å². The highest BCUT2D eigenvalue weighted by atomic mass is 19.1. The van der Waals surface area contributed by atoms with Gasteiger partial charge in [-0.3, -0.25) is 4.79 Å². The van der Waals surface area contributed by atoms with E-state index in [9.17, 15) is 9.18 Å². The van der Waals surface area contributed by atoms with Gasteiger partial charge in [0.1, 0.15) is 11.6 Å². The zero-order valence-electron chi connectivity index (χ0n) is 13.1. The fraction of sp³-hybridized carbons (Fsp3) is 0.235. The zero-order chi connectivity index (χ0) is 16.8. The van der Waals surface area contributed by atoms with E-state index in [2.05, 4.69) is 5.32 Å². The molecule has 0 bridgehead atoms. The third kappa shape index (κ3) is 4.35. The predicted octanol–water partition coefficient (Wildman–Crippen LogP) is 3.25.